The van der Waals surface area contributed by atoms with Gasteiger partial charge in [-0.2, -0.15) is 0 Å². The molecule has 0 N–H and O–H groups in total. The summed E-state index contributed by atoms with van der Waals surface area (Å²) in [6.07, 6.45) is 8.18. The van der Waals surface area contributed by atoms with Gasteiger partial charge in [-0.15, -0.1) is 0 Å². The van der Waals surface area contributed by atoms with Gasteiger partial charge in [-0.25, -0.2) is 0 Å². The summed E-state index contributed by atoms with van der Waals surface area (Å²) in [5.74, 6) is 1.53. The maximum absolute atomic E-state index is 11.6. The second-order valence-corrected chi connectivity index (χ2v) is 8.43. The number of aldehydes is 1. The van der Waals surface area contributed by atoms with E-state index in [2.05, 4.69) is 52.0 Å². The molecule has 0 bridgehead atoms. The second kappa shape index (κ2) is 14.2. The first-order chi connectivity index (χ1) is 16.4. The molecule has 0 unspecified atom stereocenters. The summed E-state index contributed by atoms with van der Waals surface area (Å²) in [4.78, 5) is 11.6. The third-order valence-electron chi connectivity index (χ3n) is 5.10. The molecule has 0 saturated carbocycles. The van der Waals surface area contributed by atoms with Crippen molar-refractivity contribution in [1.82, 2.24) is 0 Å². The van der Waals surface area contributed by atoms with Gasteiger partial charge in [0.1, 0.15) is 17.8 Å². The molecule has 0 aromatic heterocycles. The molecule has 0 radical (unpaired) electrons. The van der Waals surface area contributed by atoms with E-state index in [0.29, 0.717) is 0 Å². The van der Waals surface area contributed by atoms with Crippen molar-refractivity contribution in [3.05, 3.63) is 88.0 Å². The highest BCUT2D eigenvalue weighted by Crippen LogP contribution is 2.32. The molecule has 2 aromatic rings. The van der Waals surface area contributed by atoms with E-state index in [1.807, 2.05) is 24.3 Å². The van der Waals surface area contributed by atoms with Gasteiger partial charge < -0.3 is 18.9 Å². The van der Waals surface area contributed by atoms with Gasteiger partial charge >= 0.3 is 0 Å². The lowest BCUT2D eigenvalue weighted by atomic mass is 9.93. The maximum Gasteiger partial charge on any atom is 0.188 e. The smallest absolute Gasteiger partial charge is 0.188 e. The van der Waals surface area contributed by atoms with Crippen molar-refractivity contribution in [1.29, 1.82) is 0 Å². The van der Waals surface area contributed by atoms with Crippen molar-refractivity contribution in [3.63, 3.8) is 0 Å². The Bertz CT molecular complexity index is 961. The van der Waals surface area contributed by atoms with E-state index in [0.717, 1.165) is 58.5 Å². The Morgan fingerprint density at radius 3 is 1.53 bits per heavy atom. The van der Waals surface area contributed by atoms with Crippen molar-refractivity contribution < 1.29 is 23.7 Å². The minimum absolute atomic E-state index is 0.175. The van der Waals surface area contributed by atoms with E-state index in [9.17, 15) is 4.79 Å². The Balaban J connectivity index is 2.54. The van der Waals surface area contributed by atoms with E-state index < -0.39 is 0 Å². The van der Waals surface area contributed by atoms with Crippen LogP contribution in [0.5, 0.6) is 11.5 Å². The number of carbonyl (C=O) groups is 1. The molecule has 0 saturated heterocycles. The lowest BCUT2D eigenvalue weighted by Crippen LogP contribution is -2.03. The summed E-state index contributed by atoms with van der Waals surface area (Å²) in [7, 11) is 3.20. The molecule has 5 nitrogen and oxygen atoms in total. The van der Waals surface area contributed by atoms with Gasteiger partial charge in [0.2, 0.25) is 0 Å². The summed E-state index contributed by atoms with van der Waals surface area (Å²) in [5.41, 5.74) is 7.21. The molecule has 0 heterocycles. The Morgan fingerprint density at radius 2 is 1.18 bits per heavy atom. The first-order valence-electron chi connectivity index (χ1n) is 11.3. The molecule has 0 atom stereocenters. The monoisotopic (exact) mass is 464 g/mol. The average molecular weight is 465 g/mol. The molecule has 0 spiro atoms. The first kappa shape index (κ1) is 27.1. The van der Waals surface area contributed by atoms with Gasteiger partial charge in [0.25, 0.3) is 0 Å². The molecular formula is C29H36O5. The van der Waals surface area contributed by atoms with Crippen LogP contribution in [0.1, 0.15) is 49.9 Å². The fraction of sp³-hybridized carbons (Fsp3) is 0.345. The van der Waals surface area contributed by atoms with Crippen LogP contribution in [-0.4, -0.2) is 34.1 Å². The van der Waals surface area contributed by atoms with Gasteiger partial charge in [-0.05, 0) is 98.7 Å². The summed E-state index contributed by atoms with van der Waals surface area (Å²) < 4.78 is 21.7. The minimum Gasteiger partial charge on any atom is -0.467 e. The van der Waals surface area contributed by atoms with E-state index >= 15 is 0 Å². The van der Waals surface area contributed by atoms with E-state index in [4.69, 9.17) is 18.9 Å². The number of hydrogen-bond acceptors (Lipinski definition) is 5. The number of allylic oxidation sites excluding steroid dienone is 5. The van der Waals surface area contributed by atoms with Gasteiger partial charge in [-0.1, -0.05) is 35.4 Å². The summed E-state index contributed by atoms with van der Waals surface area (Å²) in [5, 5.41) is 0. The van der Waals surface area contributed by atoms with E-state index in [1.165, 1.54) is 11.1 Å². The molecule has 5 heteroatoms. The molecule has 2 aromatic carbocycles. The molecule has 34 heavy (non-hydrogen) atoms. The second-order valence-electron chi connectivity index (χ2n) is 8.43. The summed E-state index contributed by atoms with van der Waals surface area (Å²) in [6.45, 7) is 8.62. The number of rotatable bonds is 13. The molecule has 0 aliphatic heterocycles. The number of hydrogen-bond donors (Lipinski definition) is 0. The molecule has 0 aliphatic rings. The van der Waals surface area contributed by atoms with Crippen molar-refractivity contribution in [3.8, 4) is 11.5 Å². The number of benzene rings is 2. The topological polar surface area (TPSA) is 54.0 Å². The predicted octanol–water partition coefficient (Wildman–Crippen LogP) is 6.30. The number of carbonyl (C=O) groups excluding carboxylic acids is 1. The SMILES string of the molecule is COCOc1ccc(C(=CC=O)c2ccc(OCOC)c(CC=C(C)C)c2)cc1CC=C(C)C. The van der Waals surface area contributed by atoms with Crippen LogP contribution in [0.4, 0.5) is 0 Å². The van der Waals surface area contributed by atoms with Crippen LogP contribution >= 0.6 is 0 Å². The zero-order valence-corrected chi connectivity index (χ0v) is 21.1. The van der Waals surface area contributed by atoms with Crippen LogP contribution in [-0.2, 0) is 27.1 Å². The Labute approximate surface area is 203 Å². The number of methoxy groups -OCH3 is 2. The molecule has 0 amide bonds. The van der Waals surface area contributed by atoms with Crippen molar-refractivity contribution in [2.75, 3.05) is 27.8 Å². The van der Waals surface area contributed by atoms with E-state index in [-0.39, 0.29) is 13.6 Å². The standard InChI is InChI=1S/C29H36O5/c1-21(2)7-9-25-17-23(11-13-28(25)33-19-31-5)27(15-16-30)24-12-14-29(34-20-32-6)26(18-24)10-8-22(3)4/h7-8,11-18H,9-10,19-20H2,1-6H3. The summed E-state index contributed by atoms with van der Waals surface area (Å²) >= 11 is 0. The number of ether oxygens (including phenoxy) is 4. The highest BCUT2D eigenvalue weighted by atomic mass is 16.7. The first-order valence-corrected chi connectivity index (χ1v) is 11.3. The highest BCUT2D eigenvalue weighted by molar-refractivity contribution is 5.90. The lowest BCUT2D eigenvalue weighted by molar-refractivity contribution is -0.104. The normalized spacial score (nSPS) is 10.3. The van der Waals surface area contributed by atoms with Crippen LogP contribution in [0, 0.1) is 0 Å². The molecule has 182 valence electrons. The average Bonchev–Trinajstić information content (AvgIpc) is 2.82. The van der Waals surface area contributed by atoms with Gasteiger partial charge in [0.05, 0.1) is 0 Å². The van der Waals surface area contributed by atoms with Crippen LogP contribution in [0.2, 0.25) is 0 Å². The Kier molecular flexibility index (Phi) is 11.3. The fourth-order valence-electron chi connectivity index (χ4n) is 3.39. The molecule has 0 aliphatic carbocycles. The fourth-order valence-corrected chi connectivity index (χ4v) is 3.39. The third-order valence-corrected chi connectivity index (χ3v) is 5.10. The van der Waals surface area contributed by atoms with Gasteiger partial charge in [0, 0.05) is 14.2 Å². The van der Waals surface area contributed by atoms with Crippen molar-refractivity contribution in [2.45, 2.75) is 40.5 Å². The van der Waals surface area contributed by atoms with Crippen molar-refractivity contribution >= 4 is 11.9 Å². The highest BCUT2D eigenvalue weighted by Gasteiger charge is 2.13. The van der Waals surface area contributed by atoms with Gasteiger partial charge in [-0.3, -0.25) is 4.79 Å². The molecule has 2 rings (SSSR count). The molecular weight excluding hydrogens is 428 g/mol. The predicted molar refractivity (Wildman–Crippen MR) is 137 cm³/mol. The Morgan fingerprint density at radius 1 is 0.735 bits per heavy atom. The largest absolute Gasteiger partial charge is 0.467 e. The zero-order valence-electron chi connectivity index (χ0n) is 21.1. The van der Waals surface area contributed by atoms with Crippen LogP contribution in [0.3, 0.4) is 0 Å². The molecule has 0 fully saturated rings. The minimum atomic E-state index is 0.175. The third kappa shape index (κ3) is 8.32. The van der Waals surface area contributed by atoms with E-state index in [1.54, 1.807) is 20.3 Å². The maximum atomic E-state index is 11.6. The zero-order chi connectivity index (χ0) is 24.9. The van der Waals surface area contributed by atoms with Crippen LogP contribution in [0.25, 0.3) is 5.57 Å². The summed E-state index contributed by atoms with van der Waals surface area (Å²) in [6, 6.07) is 12.0. The lowest BCUT2D eigenvalue weighted by Gasteiger charge is -2.16. The van der Waals surface area contributed by atoms with Crippen molar-refractivity contribution in [2.24, 2.45) is 0 Å². The quantitative estimate of drug-likeness (QED) is 0.151. The van der Waals surface area contributed by atoms with Crippen LogP contribution in [0.15, 0.2) is 65.8 Å². The van der Waals surface area contributed by atoms with Crippen LogP contribution < -0.4 is 9.47 Å². The van der Waals surface area contributed by atoms with Gasteiger partial charge in [0.15, 0.2) is 13.6 Å². The Hall–Kier alpha value is -3.15.